The Balaban J connectivity index is 3.03. The molecule has 0 atom stereocenters. The van der Waals surface area contributed by atoms with Crippen molar-refractivity contribution >= 4 is 0 Å². The quantitative estimate of drug-likeness (QED) is 0.0824. The Hall–Kier alpha value is -0.260. The van der Waals surface area contributed by atoms with Crippen LogP contribution in [0.5, 0.6) is 0 Å². The van der Waals surface area contributed by atoms with Crippen LogP contribution >= 0.6 is 0 Å². The van der Waals surface area contributed by atoms with Crippen LogP contribution in [0.25, 0.3) is 0 Å². The Morgan fingerprint density at radius 3 is 0.656 bits per heavy atom. The van der Waals surface area contributed by atoms with E-state index in [9.17, 15) is 0 Å². The van der Waals surface area contributed by atoms with Crippen molar-refractivity contribution in [2.24, 2.45) is 0 Å². The van der Waals surface area contributed by atoms with E-state index in [4.69, 9.17) is 0 Å². The SMILES string of the molecule is CCCCCCCC=CCCCCCCCCCCCCCCCCCCCCCCC. The molecule has 0 radical (unpaired) electrons. The molecule has 0 aromatic rings. The van der Waals surface area contributed by atoms with Gasteiger partial charge in [0.05, 0.1) is 0 Å². The summed E-state index contributed by atoms with van der Waals surface area (Å²) in [5.74, 6) is 0. The third-order valence-electron chi connectivity index (χ3n) is 7.12. The van der Waals surface area contributed by atoms with Crippen LogP contribution in [0.15, 0.2) is 12.2 Å². The van der Waals surface area contributed by atoms with Gasteiger partial charge < -0.3 is 0 Å². The first-order valence-corrected chi connectivity index (χ1v) is 15.6. The molecule has 0 heterocycles. The monoisotopic (exact) mass is 449 g/mol. The predicted octanol–water partition coefficient (Wildman–Crippen LogP) is 12.5. The van der Waals surface area contributed by atoms with Gasteiger partial charge in [0, 0.05) is 0 Å². The average Bonchev–Trinajstić information content (AvgIpc) is 2.81. The molecule has 0 aliphatic rings. The van der Waals surface area contributed by atoms with Crippen molar-refractivity contribution in [1.82, 2.24) is 0 Å². The molecule has 0 aromatic carbocycles. The minimum atomic E-state index is 1.31. The minimum absolute atomic E-state index is 1.31. The highest BCUT2D eigenvalue weighted by molar-refractivity contribution is 4.81. The topological polar surface area (TPSA) is 0 Å². The van der Waals surface area contributed by atoms with Crippen LogP contribution in [0, 0.1) is 0 Å². The Labute approximate surface area is 205 Å². The second-order valence-electron chi connectivity index (χ2n) is 10.5. The summed E-state index contributed by atoms with van der Waals surface area (Å²) in [4.78, 5) is 0. The molecule has 32 heavy (non-hydrogen) atoms. The lowest BCUT2D eigenvalue weighted by Gasteiger charge is -2.04. The van der Waals surface area contributed by atoms with Gasteiger partial charge in [0.2, 0.25) is 0 Å². The van der Waals surface area contributed by atoms with Gasteiger partial charge in [0.15, 0.2) is 0 Å². The summed E-state index contributed by atoms with van der Waals surface area (Å²) < 4.78 is 0. The van der Waals surface area contributed by atoms with Crippen LogP contribution in [-0.2, 0) is 0 Å². The Morgan fingerprint density at radius 2 is 0.438 bits per heavy atom. The smallest absolute Gasteiger partial charge is 0.0351 e. The maximum Gasteiger partial charge on any atom is -0.0351 e. The van der Waals surface area contributed by atoms with Crippen molar-refractivity contribution in [2.45, 2.75) is 194 Å². The summed E-state index contributed by atoms with van der Waals surface area (Å²) in [6, 6.07) is 0. The maximum absolute atomic E-state index is 2.44. The Bertz CT molecular complexity index is 329. The van der Waals surface area contributed by atoms with Crippen molar-refractivity contribution < 1.29 is 0 Å². The second kappa shape index (κ2) is 30.7. The number of unbranched alkanes of at least 4 members (excludes halogenated alkanes) is 26. The molecule has 0 bridgehead atoms. The van der Waals surface area contributed by atoms with Gasteiger partial charge in [0.25, 0.3) is 0 Å². The Kier molecular flexibility index (Phi) is 30.5. The summed E-state index contributed by atoms with van der Waals surface area (Å²) in [6.45, 7) is 4.60. The van der Waals surface area contributed by atoms with E-state index in [0.717, 1.165) is 0 Å². The first-order valence-electron chi connectivity index (χ1n) is 15.6. The van der Waals surface area contributed by atoms with Gasteiger partial charge >= 0.3 is 0 Å². The lowest BCUT2D eigenvalue weighted by atomic mass is 10.0. The zero-order chi connectivity index (χ0) is 23.2. The maximum atomic E-state index is 2.44. The fourth-order valence-corrected chi connectivity index (χ4v) is 4.80. The highest BCUT2D eigenvalue weighted by atomic mass is 14.0. The molecule has 0 spiro atoms. The van der Waals surface area contributed by atoms with Gasteiger partial charge in [-0.2, -0.15) is 0 Å². The number of rotatable bonds is 28. The number of allylic oxidation sites excluding steroid dienone is 2. The highest BCUT2D eigenvalue weighted by Crippen LogP contribution is 2.15. The Morgan fingerprint density at radius 1 is 0.250 bits per heavy atom. The molecule has 0 aliphatic heterocycles. The molecule has 0 nitrogen and oxygen atoms in total. The van der Waals surface area contributed by atoms with E-state index in [1.165, 1.54) is 180 Å². The van der Waals surface area contributed by atoms with Crippen molar-refractivity contribution in [3.63, 3.8) is 0 Å². The molecular weight excluding hydrogens is 384 g/mol. The van der Waals surface area contributed by atoms with Crippen molar-refractivity contribution in [1.29, 1.82) is 0 Å². The summed E-state index contributed by atoms with van der Waals surface area (Å²) in [6.07, 6.45) is 45.4. The van der Waals surface area contributed by atoms with E-state index in [2.05, 4.69) is 26.0 Å². The highest BCUT2D eigenvalue weighted by Gasteiger charge is 1.95. The van der Waals surface area contributed by atoms with Crippen LogP contribution in [0.3, 0.4) is 0 Å². The van der Waals surface area contributed by atoms with Crippen LogP contribution in [0.4, 0.5) is 0 Å². The van der Waals surface area contributed by atoms with E-state index < -0.39 is 0 Å². The zero-order valence-corrected chi connectivity index (χ0v) is 23.0. The van der Waals surface area contributed by atoms with E-state index in [1.54, 1.807) is 0 Å². The lowest BCUT2D eigenvalue weighted by molar-refractivity contribution is 0.520. The molecule has 0 amide bonds. The van der Waals surface area contributed by atoms with E-state index in [-0.39, 0.29) is 0 Å². The van der Waals surface area contributed by atoms with Gasteiger partial charge in [-0.3, -0.25) is 0 Å². The normalized spacial score (nSPS) is 11.7. The predicted molar refractivity (Wildman–Crippen MR) is 150 cm³/mol. The number of hydrogen-bond acceptors (Lipinski definition) is 0. The van der Waals surface area contributed by atoms with Crippen molar-refractivity contribution in [2.75, 3.05) is 0 Å². The molecule has 0 aliphatic carbocycles. The minimum Gasteiger partial charge on any atom is -0.0885 e. The summed E-state index contributed by atoms with van der Waals surface area (Å²) in [5, 5.41) is 0. The third-order valence-corrected chi connectivity index (χ3v) is 7.12. The van der Waals surface area contributed by atoms with Crippen molar-refractivity contribution in [3.05, 3.63) is 12.2 Å². The van der Waals surface area contributed by atoms with Crippen molar-refractivity contribution in [3.8, 4) is 0 Å². The summed E-state index contributed by atoms with van der Waals surface area (Å²) in [7, 11) is 0. The first-order chi connectivity index (χ1) is 15.9. The molecule has 0 heteroatoms. The van der Waals surface area contributed by atoms with E-state index in [1.807, 2.05) is 0 Å². The fraction of sp³-hybridized carbons (Fsp3) is 0.938. The molecule has 0 saturated heterocycles. The average molecular weight is 449 g/mol. The van der Waals surface area contributed by atoms with Gasteiger partial charge in [-0.1, -0.05) is 180 Å². The van der Waals surface area contributed by atoms with Gasteiger partial charge in [-0.25, -0.2) is 0 Å². The molecule has 0 fully saturated rings. The molecule has 0 unspecified atom stereocenters. The molecular formula is C32H64. The molecule has 0 saturated carbocycles. The first kappa shape index (κ1) is 31.7. The second-order valence-corrected chi connectivity index (χ2v) is 10.5. The molecule has 192 valence electrons. The summed E-state index contributed by atoms with van der Waals surface area (Å²) in [5.41, 5.74) is 0. The van der Waals surface area contributed by atoms with Crippen LogP contribution < -0.4 is 0 Å². The van der Waals surface area contributed by atoms with Gasteiger partial charge in [-0.15, -0.1) is 0 Å². The largest absolute Gasteiger partial charge is 0.0885 e. The lowest BCUT2D eigenvalue weighted by Crippen LogP contribution is -1.84. The van der Waals surface area contributed by atoms with Gasteiger partial charge in [-0.05, 0) is 25.7 Å². The van der Waals surface area contributed by atoms with E-state index in [0.29, 0.717) is 0 Å². The summed E-state index contributed by atoms with van der Waals surface area (Å²) >= 11 is 0. The molecule has 0 rings (SSSR count). The van der Waals surface area contributed by atoms with Gasteiger partial charge in [0.1, 0.15) is 0 Å². The number of hydrogen-bond donors (Lipinski definition) is 0. The van der Waals surface area contributed by atoms with Crippen LogP contribution in [-0.4, -0.2) is 0 Å². The molecule has 0 aromatic heterocycles. The van der Waals surface area contributed by atoms with Crippen LogP contribution in [0.1, 0.15) is 194 Å². The molecule has 0 N–H and O–H groups in total. The standard InChI is InChI=1S/C32H64/c1-3-5-7-9-11-13-15-17-19-21-23-25-27-29-31-32-30-28-26-24-22-20-18-16-14-12-10-8-6-4-2/h15,17H,3-14,16,18-32H2,1-2H3. The fourth-order valence-electron chi connectivity index (χ4n) is 4.80. The van der Waals surface area contributed by atoms with E-state index >= 15 is 0 Å². The zero-order valence-electron chi connectivity index (χ0n) is 23.0. The van der Waals surface area contributed by atoms with Crippen LogP contribution in [0.2, 0.25) is 0 Å². The third kappa shape index (κ3) is 29.7.